The smallest absolute Gasteiger partial charge is 0.274 e. The number of aromatic nitrogens is 2. The first-order valence-electron chi connectivity index (χ1n) is 11.5. The van der Waals surface area contributed by atoms with E-state index in [1.54, 1.807) is 12.1 Å². The van der Waals surface area contributed by atoms with Gasteiger partial charge in [-0.25, -0.2) is 9.07 Å². The Morgan fingerprint density at radius 2 is 1.61 bits per heavy atom. The summed E-state index contributed by atoms with van der Waals surface area (Å²) in [5, 5.41) is 13.8. The van der Waals surface area contributed by atoms with Crippen LogP contribution in [0.2, 0.25) is 0 Å². The van der Waals surface area contributed by atoms with Gasteiger partial charge >= 0.3 is 0 Å². The zero-order chi connectivity index (χ0) is 22.8. The molecule has 2 aromatic carbocycles. The van der Waals surface area contributed by atoms with Gasteiger partial charge in [-0.1, -0.05) is 0 Å². The molecular weight excluding hydrogens is 417 g/mol. The Morgan fingerprint density at radius 3 is 2.36 bits per heavy atom. The number of carbonyl (C=O) groups excluding carboxylic acids is 1. The van der Waals surface area contributed by atoms with E-state index in [0.717, 1.165) is 67.8 Å². The monoisotopic (exact) mass is 443 g/mol. The van der Waals surface area contributed by atoms with E-state index in [2.05, 4.69) is 11.0 Å². The van der Waals surface area contributed by atoms with Crippen LogP contribution < -0.4 is 4.90 Å². The molecule has 1 aliphatic carbocycles. The van der Waals surface area contributed by atoms with E-state index in [9.17, 15) is 9.18 Å². The highest BCUT2D eigenvalue weighted by Gasteiger charge is 2.29. The number of rotatable bonds is 3. The van der Waals surface area contributed by atoms with Crippen LogP contribution in [0.15, 0.2) is 48.5 Å². The number of carbonyl (C=O) groups is 1. The van der Waals surface area contributed by atoms with Crippen molar-refractivity contribution < 1.29 is 9.18 Å². The number of nitriles is 1. The molecule has 0 unspecified atom stereocenters. The number of hydrogen-bond donors (Lipinski definition) is 0. The van der Waals surface area contributed by atoms with Gasteiger partial charge in [0.25, 0.3) is 5.91 Å². The second kappa shape index (κ2) is 9.07. The van der Waals surface area contributed by atoms with E-state index in [-0.39, 0.29) is 11.7 Å². The SMILES string of the molecule is N#Cc1ccc(N2CCCN(C(=O)c3nn(-c4ccc(F)cc4)c4c3CCCC4)CC2)cc1. The third kappa shape index (κ3) is 4.21. The molecule has 1 aromatic heterocycles. The van der Waals surface area contributed by atoms with Gasteiger partial charge in [-0.15, -0.1) is 0 Å². The van der Waals surface area contributed by atoms with E-state index in [0.29, 0.717) is 24.3 Å². The molecule has 0 N–H and O–H groups in total. The van der Waals surface area contributed by atoms with Gasteiger partial charge in [0.15, 0.2) is 5.69 Å². The Balaban J connectivity index is 1.38. The van der Waals surface area contributed by atoms with Crippen LogP contribution >= 0.6 is 0 Å². The Bertz CT molecular complexity index is 1190. The largest absolute Gasteiger partial charge is 0.370 e. The Hall–Kier alpha value is -3.66. The van der Waals surface area contributed by atoms with E-state index in [1.165, 1.54) is 12.1 Å². The van der Waals surface area contributed by atoms with Crippen molar-refractivity contribution in [2.75, 3.05) is 31.1 Å². The minimum absolute atomic E-state index is 0.0179. The van der Waals surface area contributed by atoms with Crippen molar-refractivity contribution in [1.29, 1.82) is 5.26 Å². The molecule has 3 aromatic rings. The van der Waals surface area contributed by atoms with E-state index in [1.807, 2.05) is 33.8 Å². The highest BCUT2D eigenvalue weighted by atomic mass is 19.1. The lowest BCUT2D eigenvalue weighted by molar-refractivity contribution is 0.0759. The molecular formula is C26H26FN5O. The van der Waals surface area contributed by atoms with Gasteiger partial charge in [-0.2, -0.15) is 10.4 Å². The van der Waals surface area contributed by atoms with Crippen LogP contribution in [0.1, 0.15) is 46.6 Å². The number of benzene rings is 2. The number of amides is 1. The van der Waals surface area contributed by atoms with Gasteiger partial charge in [-0.05, 0) is 80.6 Å². The summed E-state index contributed by atoms with van der Waals surface area (Å²) in [5.41, 5.74) is 5.17. The van der Waals surface area contributed by atoms with Gasteiger partial charge in [0.2, 0.25) is 0 Å². The normalized spacial score (nSPS) is 16.1. The second-order valence-corrected chi connectivity index (χ2v) is 8.66. The summed E-state index contributed by atoms with van der Waals surface area (Å²) in [6.45, 7) is 2.90. The predicted octanol–water partition coefficient (Wildman–Crippen LogP) is 4.11. The number of anilines is 1. The maximum absolute atomic E-state index is 13.6. The molecule has 168 valence electrons. The molecule has 0 bridgehead atoms. The Morgan fingerprint density at radius 1 is 0.879 bits per heavy atom. The number of halogens is 1. The summed E-state index contributed by atoms with van der Waals surface area (Å²) in [4.78, 5) is 17.8. The molecule has 6 nitrogen and oxygen atoms in total. The van der Waals surface area contributed by atoms with Crippen LogP contribution in [0.25, 0.3) is 5.69 Å². The zero-order valence-electron chi connectivity index (χ0n) is 18.5. The Labute approximate surface area is 192 Å². The maximum Gasteiger partial charge on any atom is 0.274 e. The number of hydrogen-bond acceptors (Lipinski definition) is 4. The first-order chi connectivity index (χ1) is 16.1. The molecule has 1 saturated heterocycles. The molecule has 2 aliphatic rings. The summed E-state index contributed by atoms with van der Waals surface area (Å²) in [6, 6.07) is 16.0. The standard InChI is InChI=1S/C26H26FN5O/c27-20-8-12-22(13-9-20)32-24-5-2-1-4-23(24)25(29-32)26(33)31-15-3-14-30(16-17-31)21-10-6-19(18-28)7-11-21/h6-13H,1-5,14-17H2. The average Bonchev–Trinajstić information content (AvgIpc) is 3.06. The lowest BCUT2D eigenvalue weighted by atomic mass is 9.95. The maximum atomic E-state index is 13.6. The van der Waals surface area contributed by atoms with Gasteiger partial charge in [0.1, 0.15) is 5.82 Å². The van der Waals surface area contributed by atoms with Crippen molar-refractivity contribution >= 4 is 11.6 Å². The first-order valence-corrected chi connectivity index (χ1v) is 11.5. The minimum Gasteiger partial charge on any atom is -0.370 e. The summed E-state index contributed by atoms with van der Waals surface area (Å²) in [6.07, 6.45) is 4.71. The van der Waals surface area contributed by atoms with Crippen LogP contribution in [0.5, 0.6) is 0 Å². The fourth-order valence-electron chi connectivity index (χ4n) is 4.84. The molecule has 5 rings (SSSR count). The van der Waals surface area contributed by atoms with Gasteiger partial charge in [-0.3, -0.25) is 4.79 Å². The zero-order valence-corrected chi connectivity index (χ0v) is 18.5. The third-order valence-corrected chi connectivity index (χ3v) is 6.60. The van der Waals surface area contributed by atoms with Crippen molar-refractivity contribution in [2.24, 2.45) is 0 Å². The molecule has 33 heavy (non-hydrogen) atoms. The van der Waals surface area contributed by atoms with Gasteiger partial charge < -0.3 is 9.80 Å². The molecule has 0 saturated carbocycles. The predicted molar refractivity (Wildman–Crippen MR) is 124 cm³/mol. The highest BCUT2D eigenvalue weighted by molar-refractivity contribution is 5.94. The molecule has 0 spiro atoms. The third-order valence-electron chi connectivity index (χ3n) is 6.60. The molecule has 2 heterocycles. The molecule has 0 radical (unpaired) electrons. The molecule has 7 heteroatoms. The minimum atomic E-state index is -0.285. The summed E-state index contributed by atoms with van der Waals surface area (Å²) in [7, 11) is 0. The van der Waals surface area contributed by atoms with Crippen LogP contribution in [0.4, 0.5) is 10.1 Å². The fraction of sp³-hybridized carbons (Fsp3) is 0.346. The first kappa shape index (κ1) is 21.2. The van der Waals surface area contributed by atoms with E-state index in [4.69, 9.17) is 10.4 Å². The number of fused-ring (bicyclic) bond motifs is 1. The second-order valence-electron chi connectivity index (χ2n) is 8.66. The number of nitrogens with zero attached hydrogens (tertiary/aromatic N) is 5. The van der Waals surface area contributed by atoms with Crippen molar-refractivity contribution in [3.8, 4) is 11.8 Å². The topological polar surface area (TPSA) is 65.2 Å². The molecule has 1 aliphatic heterocycles. The van der Waals surface area contributed by atoms with Crippen molar-refractivity contribution in [3.63, 3.8) is 0 Å². The van der Waals surface area contributed by atoms with Crippen LogP contribution in [0.3, 0.4) is 0 Å². The van der Waals surface area contributed by atoms with Crippen LogP contribution in [-0.2, 0) is 12.8 Å². The molecule has 1 fully saturated rings. The van der Waals surface area contributed by atoms with Gasteiger partial charge in [0, 0.05) is 43.1 Å². The Kier molecular flexibility index (Phi) is 5.82. The highest BCUT2D eigenvalue weighted by Crippen LogP contribution is 2.28. The summed E-state index contributed by atoms with van der Waals surface area (Å²) in [5.74, 6) is -0.303. The van der Waals surface area contributed by atoms with Crippen molar-refractivity contribution in [2.45, 2.75) is 32.1 Å². The molecule has 0 atom stereocenters. The summed E-state index contributed by atoms with van der Waals surface area (Å²) >= 11 is 0. The summed E-state index contributed by atoms with van der Waals surface area (Å²) < 4.78 is 15.3. The quantitative estimate of drug-likeness (QED) is 0.611. The van der Waals surface area contributed by atoms with Gasteiger partial charge in [0.05, 0.1) is 17.3 Å². The average molecular weight is 444 g/mol. The fourth-order valence-corrected chi connectivity index (χ4v) is 4.84. The van der Waals surface area contributed by atoms with E-state index < -0.39 is 0 Å². The van der Waals surface area contributed by atoms with Crippen LogP contribution in [0, 0.1) is 17.1 Å². The lowest BCUT2D eigenvalue weighted by Gasteiger charge is -2.23. The lowest BCUT2D eigenvalue weighted by Crippen LogP contribution is -2.36. The van der Waals surface area contributed by atoms with Crippen LogP contribution in [-0.4, -0.2) is 46.8 Å². The molecule has 1 amide bonds. The van der Waals surface area contributed by atoms with E-state index >= 15 is 0 Å². The van der Waals surface area contributed by atoms with Crippen molar-refractivity contribution in [1.82, 2.24) is 14.7 Å². The van der Waals surface area contributed by atoms with Crippen molar-refractivity contribution in [3.05, 3.63) is 76.9 Å².